The number of benzene rings is 3. The van der Waals surface area contributed by atoms with E-state index < -0.39 is 17.1 Å². The van der Waals surface area contributed by atoms with Crippen LogP contribution in [0, 0.1) is 5.82 Å². The molecule has 11 heteroatoms. The first-order chi connectivity index (χ1) is 20.2. The molecule has 4 aromatic rings. The van der Waals surface area contributed by atoms with E-state index in [1.165, 1.54) is 35.1 Å². The van der Waals surface area contributed by atoms with Crippen LogP contribution in [-0.4, -0.2) is 33.8 Å². The molecule has 3 amide bonds. The van der Waals surface area contributed by atoms with Crippen molar-refractivity contribution in [1.29, 1.82) is 0 Å². The maximum atomic E-state index is 13.8. The summed E-state index contributed by atoms with van der Waals surface area (Å²) in [6.45, 7) is 1.78. The largest absolute Gasteiger partial charge is 0.467 e. The van der Waals surface area contributed by atoms with Crippen molar-refractivity contribution in [3.63, 3.8) is 0 Å². The standard InChI is InChI=1S/C31H26ClFN4O4S/c1-19(34-27(38)16-20-7-11-22(32)12-8-20)29(39)35-24-13-9-21(10-14-24)28-30(40)37(18-26-6-3-15-41-26)31(42-28)36-25-5-2-4-23(33)17-25/h2-15,17,19,28H,16,18H2,1H3,(H,34,38)(H,35,39). The van der Waals surface area contributed by atoms with Crippen LogP contribution in [0.3, 0.4) is 0 Å². The lowest BCUT2D eigenvalue weighted by Gasteiger charge is -2.16. The number of amidine groups is 1. The third kappa shape index (κ3) is 7.26. The molecule has 1 aliphatic heterocycles. The van der Waals surface area contributed by atoms with Crippen molar-refractivity contribution >= 4 is 57.6 Å². The summed E-state index contributed by atoms with van der Waals surface area (Å²) in [5.41, 5.74) is 2.40. The Morgan fingerprint density at radius 1 is 1.07 bits per heavy atom. The van der Waals surface area contributed by atoms with E-state index in [-0.39, 0.29) is 30.7 Å². The summed E-state index contributed by atoms with van der Waals surface area (Å²) in [5, 5.41) is 5.89. The van der Waals surface area contributed by atoms with Gasteiger partial charge in [0.1, 0.15) is 22.9 Å². The van der Waals surface area contributed by atoms with Gasteiger partial charge in [-0.2, -0.15) is 0 Å². The molecule has 0 aliphatic carbocycles. The minimum atomic E-state index is -0.770. The number of nitrogens with one attached hydrogen (secondary N) is 2. The van der Waals surface area contributed by atoms with Crippen LogP contribution in [0.15, 0.2) is 101 Å². The molecule has 2 unspecified atom stereocenters. The summed E-state index contributed by atoms with van der Waals surface area (Å²) < 4.78 is 19.2. The highest BCUT2D eigenvalue weighted by Gasteiger charge is 2.39. The van der Waals surface area contributed by atoms with E-state index in [4.69, 9.17) is 16.0 Å². The van der Waals surface area contributed by atoms with E-state index in [0.717, 1.165) is 5.56 Å². The summed E-state index contributed by atoms with van der Waals surface area (Å²) in [5.74, 6) is -0.702. The lowest BCUT2D eigenvalue weighted by Crippen LogP contribution is -2.42. The zero-order chi connectivity index (χ0) is 29.6. The molecule has 0 bridgehead atoms. The van der Waals surface area contributed by atoms with Crippen molar-refractivity contribution in [2.75, 3.05) is 5.32 Å². The molecule has 1 fully saturated rings. The molecule has 1 aliphatic rings. The molecule has 2 N–H and O–H groups in total. The number of halogens is 2. The van der Waals surface area contributed by atoms with Gasteiger partial charge in [-0.15, -0.1) is 0 Å². The molecule has 1 saturated heterocycles. The Bertz CT molecular complexity index is 1610. The predicted octanol–water partition coefficient (Wildman–Crippen LogP) is 6.26. The third-order valence-electron chi connectivity index (χ3n) is 6.40. The lowest BCUT2D eigenvalue weighted by atomic mass is 10.1. The number of anilines is 1. The van der Waals surface area contributed by atoms with Gasteiger partial charge in [0.25, 0.3) is 0 Å². The van der Waals surface area contributed by atoms with Crippen molar-refractivity contribution in [3.05, 3.63) is 119 Å². The summed E-state index contributed by atoms with van der Waals surface area (Å²) >= 11 is 7.14. The maximum absolute atomic E-state index is 13.8. The molecule has 0 saturated carbocycles. The zero-order valence-electron chi connectivity index (χ0n) is 22.4. The molecular formula is C31H26ClFN4O4S. The van der Waals surface area contributed by atoms with Crippen molar-refractivity contribution in [3.8, 4) is 0 Å². The molecule has 0 radical (unpaired) electrons. The first-order valence-corrected chi connectivity index (χ1v) is 14.3. The quantitative estimate of drug-likeness (QED) is 0.235. The Hall–Kier alpha value is -4.41. The number of hydrogen-bond donors (Lipinski definition) is 2. The van der Waals surface area contributed by atoms with Crippen molar-refractivity contribution < 1.29 is 23.2 Å². The van der Waals surface area contributed by atoms with E-state index in [1.54, 1.807) is 79.7 Å². The number of rotatable bonds is 9. The molecule has 214 valence electrons. The van der Waals surface area contributed by atoms with Crippen molar-refractivity contribution in [1.82, 2.24) is 10.2 Å². The Kier molecular flexibility index (Phi) is 9.04. The number of carbonyl (C=O) groups excluding carboxylic acids is 3. The van der Waals surface area contributed by atoms with Crippen LogP contribution in [0.4, 0.5) is 15.8 Å². The SMILES string of the molecule is CC(NC(=O)Cc1ccc(Cl)cc1)C(=O)Nc1ccc(C2SC(=Nc3cccc(F)c3)N(Cc3ccco3)C2=O)cc1. The van der Waals surface area contributed by atoms with E-state index in [1.807, 2.05) is 0 Å². The van der Waals surface area contributed by atoms with Gasteiger partial charge >= 0.3 is 0 Å². The fourth-order valence-corrected chi connectivity index (χ4v) is 5.55. The van der Waals surface area contributed by atoms with Gasteiger partial charge in [-0.3, -0.25) is 19.3 Å². The molecule has 2 atom stereocenters. The Morgan fingerprint density at radius 3 is 2.52 bits per heavy atom. The highest BCUT2D eigenvalue weighted by atomic mass is 35.5. The van der Waals surface area contributed by atoms with Crippen molar-refractivity contribution in [2.24, 2.45) is 4.99 Å². The minimum Gasteiger partial charge on any atom is -0.467 e. The third-order valence-corrected chi connectivity index (χ3v) is 7.89. The second-order valence-corrected chi connectivity index (χ2v) is 11.1. The molecule has 2 heterocycles. The molecule has 8 nitrogen and oxygen atoms in total. The Labute approximate surface area is 251 Å². The maximum Gasteiger partial charge on any atom is 0.247 e. The van der Waals surface area contributed by atoms with Gasteiger partial charge in [-0.05, 0) is 72.6 Å². The van der Waals surface area contributed by atoms with Gasteiger partial charge < -0.3 is 15.1 Å². The minimum absolute atomic E-state index is 0.123. The normalized spacial score (nSPS) is 16.5. The van der Waals surface area contributed by atoms with E-state index in [0.29, 0.717) is 32.9 Å². The van der Waals surface area contributed by atoms with Gasteiger partial charge in [0, 0.05) is 10.7 Å². The molecule has 5 rings (SSSR count). The summed E-state index contributed by atoms with van der Waals surface area (Å²) in [6, 6.07) is 22.4. The van der Waals surface area contributed by atoms with Gasteiger partial charge in [0.2, 0.25) is 17.7 Å². The average molecular weight is 605 g/mol. The summed E-state index contributed by atoms with van der Waals surface area (Å²) in [4.78, 5) is 44.6. The highest BCUT2D eigenvalue weighted by molar-refractivity contribution is 8.15. The zero-order valence-corrected chi connectivity index (χ0v) is 24.0. The van der Waals surface area contributed by atoms with Crippen LogP contribution in [-0.2, 0) is 27.3 Å². The van der Waals surface area contributed by atoms with Crippen LogP contribution in [0.25, 0.3) is 0 Å². The predicted molar refractivity (Wildman–Crippen MR) is 161 cm³/mol. The topological polar surface area (TPSA) is 104 Å². The molecule has 1 aromatic heterocycles. The summed E-state index contributed by atoms with van der Waals surface area (Å²) in [7, 11) is 0. The van der Waals surface area contributed by atoms with Crippen LogP contribution in [0.1, 0.15) is 29.1 Å². The fraction of sp³-hybridized carbons (Fsp3) is 0.161. The van der Waals surface area contributed by atoms with Gasteiger partial charge in [0.05, 0.1) is 24.9 Å². The van der Waals surface area contributed by atoms with Crippen molar-refractivity contribution in [2.45, 2.75) is 31.2 Å². The van der Waals surface area contributed by atoms with Crippen LogP contribution in [0.2, 0.25) is 5.02 Å². The molecule has 42 heavy (non-hydrogen) atoms. The van der Waals surface area contributed by atoms with Crippen LogP contribution >= 0.6 is 23.4 Å². The second kappa shape index (κ2) is 13.1. The number of carbonyl (C=O) groups is 3. The number of hydrogen-bond acceptors (Lipinski definition) is 6. The lowest BCUT2D eigenvalue weighted by molar-refractivity contribution is -0.126. The van der Waals surface area contributed by atoms with Gasteiger partial charge in [-0.1, -0.05) is 53.7 Å². The average Bonchev–Trinajstić information content (AvgIpc) is 3.59. The first-order valence-electron chi connectivity index (χ1n) is 13.0. The monoisotopic (exact) mass is 604 g/mol. The molecule has 0 spiro atoms. The van der Waals surface area contributed by atoms with Gasteiger partial charge in [0.15, 0.2) is 5.17 Å². The van der Waals surface area contributed by atoms with Crippen LogP contribution < -0.4 is 10.6 Å². The highest BCUT2D eigenvalue weighted by Crippen LogP contribution is 2.41. The van der Waals surface area contributed by atoms with Gasteiger partial charge in [-0.25, -0.2) is 9.38 Å². The van der Waals surface area contributed by atoms with E-state index >= 15 is 0 Å². The smallest absolute Gasteiger partial charge is 0.247 e. The Morgan fingerprint density at radius 2 is 1.83 bits per heavy atom. The summed E-state index contributed by atoms with van der Waals surface area (Å²) in [6.07, 6.45) is 1.65. The Balaban J connectivity index is 1.24. The first kappa shape index (κ1) is 29.1. The number of amides is 3. The number of thioether (sulfide) groups is 1. The number of furan rings is 1. The molecule has 3 aromatic carbocycles. The number of aliphatic imine (C=N–C) groups is 1. The number of nitrogens with zero attached hydrogens (tertiary/aromatic N) is 2. The molecular weight excluding hydrogens is 579 g/mol. The fourth-order valence-electron chi connectivity index (χ4n) is 4.25. The second-order valence-electron chi connectivity index (χ2n) is 9.58. The van der Waals surface area contributed by atoms with E-state index in [2.05, 4.69) is 15.6 Å². The van der Waals surface area contributed by atoms with Crippen LogP contribution in [0.5, 0.6) is 0 Å². The van der Waals surface area contributed by atoms with E-state index in [9.17, 15) is 18.8 Å².